The van der Waals surface area contributed by atoms with E-state index >= 15 is 0 Å². The van der Waals surface area contributed by atoms with Crippen LogP contribution in [0.3, 0.4) is 0 Å². The lowest BCUT2D eigenvalue weighted by atomic mass is 10.2. The van der Waals surface area contributed by atoms with Gasteiger partial charge in [-0.25, -0.2) is 4.79 Å². The summed E-state index contributed by atoms with van der Waals surface area (Å²) in [5.74, 6) is 0.579. The van der Waals surface area contributed by atoms with Crippen LogP contribution >= 0.6 is 0 Å². The predicted octanol–water partition coefficient (Wildman–Crippen LogP) is 2.59. The lowest BCUT2D eigenvalue weighted by molar-refractivity contribution is 0.140. The minimum atomic E-state index is -0.830. The molecule has 1 fully saturated rings. The number of amides is 1. The maximum atomic E-state index is 11.1. The molecule has 4 heteroatoms. The largest absolute Gasteiger partial charge is 0.465 e. The van der Waals surface area contributed by atoms with Gasteiger partial charge in [-0.05, 0) is 50.3 Å². The number of rotatable bonds is 4. The molecule has 0 radical (unpaired) electrons. The van der Waals surface area contributed by atoms with Crippen LogP contribution in [0.4, 0.5) is 4.79 Å². The van der Waals surface area contributed by atoms with Crippen molar-refractivity contribution in [1.82, 2.24) is 9.88 Å². The Morgan fingerprint density at radius 2 is 2.00 bits per heavy atom. The Morgan fingerprint density at radius 3 is 2.47 bits per heavy atom. The Labute approximate surface area is 101 Å². The van der Waals surface area contributed by atoms with Crippen LogP contribution in [-0.2, 0) is 6.54 Å². The Morgan fingerprint density at radius 1 is 1.41 bits per heavy atom. The van der Waals surface area contributed by atoms with Crippen LogP contribution in [-0.4, -0.2) is 27.6 Å². The van der Waals surface area contributed by atoms with Gasteiger partial charge in [-0.1, -0.05) is 0 Å². The zero-order valence-electron chi connectivity index (χ0n) is 10.3. The first-order valence-corrected chi connectivity index (χ1v) is 5.96. The van der Waals surface area contributed by atoms with Gasteiger partial charge >= 0.3 is 6.09 Å². The van der Waals surface area contributed by atoms with Crippen molar-refractivity contribution in [3.63, 3.8) is 0 Å². The number of carbonyl (C=O) groups is 1. The van der Waals surface area contributed by atoms with Gasteiger partial charge in [0.05, 0.1) is 0 Å². The monoisotopic (exact) mass is 234 g/mol. The van der Waals surface area contributed by atoms with E-state index in [0.29, 0.717) is 19.0 Å². The van der Waals surface area contributed by atoms with Crippen LogP contribution in [0, 0.1) is 19.8 Å². The number of nitrogens with zero attached hydrogens (tertiary/aromatic N) is 2. The Hall–Kier alpha value is -1.58. The zero-order valence-corrected chi connectivity index (χ0v) is 10.3. The molecule has 1 aromatic rings. The van der Waals surface area contributed by atoms with Crippen molar-refractivity contribution in [2.24, 2.45) is 5.92 Å². The highest BCUT2D eigenvalue weighted by atomic mass is 16.4. The summed E-state index contributed by atoms with van der Waals surface area (Å²) in [4.78, 5) is 16.9. The van der Waals surface area contributed by atoms with Crippen LogP contribution in [0.2, 0.25) is 0 Å². The summed E-state index contributed by atoms with van der Waals surface area (Å²) in [7, 11) is 0. The van der Waals surface area contributed by atoms with E-state index < -0.39 is 6.09 Å². The molecule has 0 spiro atoms. The van der Waals surface area contributed by atoms with Crippen molar-refractivity contribution in [1.29, 1.82) is 0 Å². The molecule has 1 N–H and O–H groups in total. The first-order chi connectivity index (χ1) is 8.04. The molecule has 0 bridgehead atoms. The minimum absolute atomic E-state index is 0.468. The van der Waals surface area contributed by atoms with Gasteiger partial charge in [0.25, 0.3) is 0 Å². The van der Waals surface area contributed by atoms with Gasteiger partial charge in [-0.2, -0.15) is 0 Å². The average Bonchev–Trinajstić information content (AvgIpc) is 2.98. The van der Waals surface area contributed by atoms with Crippen LogP contribution in [0.1, 0.15) is 29.8 Å². The molecule has 0 unspecified atom stereocenters. The number of carboxylic acid groups (broad SMARTS) is 1. The van der Waals surface area contributed by atoms with Gasteiger partial charge in [0, 0.05) is 24.5 Å². The molecule has 0 saturated heterocycles. The third-order valence-electron chi connectivity index (χ3n) is 2.96. The van der Waals surface area contributed by atoms with Gasteiger partial charge in [0.2, 0.25) is 0 Å². The van der Waals surface area contributed by atoms with Gasteiger partial charge in [-0.15, -0.1) is 0 Å². The van der Waals surface area contributed by atoms with Crippen molar-refractivity contribution in [3.05, 3.63) is 29.1 Å². The van der Waals surface area contributed by atoms with Gasteiger partial charge < -0.3 is 10.0 Å². The summed E-state index contributed by atoms with van der Waals surface area (Å²) in [6, 6.07) is 3.91. The number of aryl methyl sites for hydroxylation is 2. The first kappa shape index (κ1) is 11.9. The normalized spacial score (nSPS) is 14.7. The zero-order chi connectivity index (χ0) is 12.4. The summed E-state index contributed by atoms with van der Waals surface area (Å²) >= 11 is 0. The number of aromatic nitrogens is 1. The van der Waals surface area contributed by atoms with Crippen molar-refractivity contribution in [2.45, 2.75) is 33.2 Å². The molecule has 92 valence electrons. The molecule has 1 aliphatic carbocycles. The molecule has 1 aliphatic rings. The van der Waals surface area contributed by atoms with E-state index in [4.69, 9.17) is 5.11 Å². The van der Waals surface area contributed by atoms with Crippen LogP contribution in [0.25, 0.3) is 0 Å². The Kier molecular flexibility index (Phi) is 3.31. The molecular formula is C13H18N2O2. The summed E-state index contributed by atoms with van der Waals surface area (Å²) < 4.78 is 0. The first-order valence-electron chi connectivity index (χ1n) is 5.96. The number of hydrogen-bond donors (Lipinski definition) is 1. The molecule has 0 aliphatic heterocycles. The van der Waals surface area contributed by atoms with E-state index in [-0.39, 0.29) is 0 Å². The third kappa shape index (κ3) is 3.44. The molecular weight excluding hydrogens is 216 g/mol. The van der Waals surface area contributed by atoms with E-state index in [1.54, 1.807) is 0 Å². The second kappa shape index (κ2) is 4.73. The summed E-state index contributed by atoms with van der Waals surface area (Å²) in [6.07, 6.45) is 1.50. The van der Waals surface area contributed by atoms with Crippen LogP contribution in [0.15, 0.2) is 12.1 Å². The highest BCUT2D eigenvalue weighted by Gasteiger charge is 2.26. The average molecular weight is 234 g/mol. The fraction of sp³-hybridized carbons (Fsp3) is 0.538. The minimum Gasteiger partial charge on any atom is -0.465 e. The fourth-order valence-corrected chi connectivity index (χ4v) is 2.06. The molecule has 1 aromatic heterocycles. The maximum Gasteiger partial charge on any atom is 0.407 e. The highest BCUT2D eigenvalue weighted by molar-refractivity contribution is 5.65. The number of pyridine rings is 1. The van der Waals surface area contributed by atoms with Crippen molar-refractivity contribution in [2.75, 3.05) is 6.54 Å². The molecule has 1 saturated carbocycles. The van der Waals surface area contributed by atoms with Gasteiger partial charge in [0.15, 0.2) is 0 Å². The summed E-state index contributed by atoms with van der Waals surface area (Å²) in [6.45, 7) is 5.00. The van der Waals surface area contributed by atoms with Gasteiger partial charge in [0.1, 0.15) is 0 Å². The second-order valence-electron chi connectivity index (χ2n) is 4.86. The molecule has 0 aromatic carbocycles. The molecule has 17 heavy (non-hydrogen) atoms. The molecule has 2 rings (SSSR count). The maximum absolute atomic E-state index is 11.1. The topological polar surface area (TPSA) is 53.4 Å². The Balaban J connectivity index is 2.07. The standard InChI is InChI=1S/C13H18N2O2/c1-9-5-12(6-10(2)14-9)8-15(13(16)17)7-11-3-4-11/h5-6,11H,3-4,7-8H2,1-2H3,(H,16,17). The third-order valence-corrected chi connectivity index (χ3v) is 2.96. The van der Waals surface area contributed by atoms with Gasteiger partial charge in [-0.3, -0.25) is 4.98 Å². The number of hydrogen-bond acceptors (Lipinski definition) is 2. The van der Waals surface area contributed by atoms with E-state index in [1.165, 1.54) is 4.90 Å². The van der Waals surface area contributed by atoms with Crippen molar-refractivity contribution in [3.8, 4) is 0 Å². The quantitative estimate of drug-likeness (QED) is 0.871. The van der Waals surface area contributed by atoms with Crippen LogP contribution in [0.5, 0.6) is 0 Å². The lowest BCUT2D eigenvalue weighted by Gasteiger charge is -2.19. The Bertz CT molecular complexity index is 407. The lowest BCUT2D eigenvalue weighted by Crippen LogP contribution is -2.31. The molecule has 1 heterocycles. The SMILES string of the molecule is Cc1cc(CN(CC2CC2)C(=O)O)cc(C)n1. The highest BCUT2D eigenvalue weighted by Crippen LogP contribution is 2.30. The predicted molar refractivity (Wildman–Crippen MR) is 64.9 cm³/mol. The molecule has 4 nitrogen and oxygen atoms in total. The smallest absolute Gasteiger partial charge is 0.407 e. The van der Waals surface area contributed by atoms with Crippen molar-refractivity contribution >= 4 is 6.09 Å². The van der Waals surface area contributed by atoms with E-state index in [0.717, 1.165) is 29.8 Å². The molecule has 0 atom stereocenters. The van der Waals surface area contributed by atoms with Crippen molar-refractivity contribution < 1.29 is 9.90 Å². The summed E-state index contributed by atoms with van der Waals surface area (Å²) in [5, 5.41) is 9.16. The van der Waals surface area contributed by atoms with Crippen LogP contribution < -0.4 is 0 Å². The van der Waals surface area contributed by atoms with E-state index in [1.807, 2.05) is 26.0 Å². The molecule has 1 amide bonds. The second-order valence-corrected chi connectivity index (χ2v) is 4.86. The van der Waals surface area contributed by atoms with E-state index in [9.17, 15) is 4.79 Å². The fourth-order valence-electron chi connectivity index (χ4n) is 2.06. The summed E-state index contributed by atoms with van der Waals surface area (Å²) in [5.41, 5.74) is 2.91. The van der Waals surface area contributed by atoms with E-state index in [2.05, 4.69) is 4.98 Å².